The molecule has 2 rings (SSSR count). The molecule has 4 nitrogen and oxygen atoms in total. The Morgan fingerprint density at radius 1 is 1.35 bits per heavy atom. The van der Waals surface area contributed by atoms with Crippen LogP contribution in [-0.2, 0) is 16.9 Å². The first-order valence-electron chi connectivity index (χ1n) is 6.62. The molecule has 2 aromatic rings. The van der Waals surface area contributed by atoms with Gasteiger partial charge in [0.25, 0.3) is 0 Å². The van der Waals surface area contributed by atoms with Gasteiger partial charge in [-0.2, -0.15) is 5.10 Å². The van der Waals surface area contributed by atoms with Crippen LogP contribution in [0.25, 0.3) is 0 Å². The topological polar surface area (TPSA) is 47.3 Å². The second kappa shape index (κ2) is 6.52. The number of halogens is 1. The molecule has 108 valence electrons. The Kier molecular flexibility index (Phi) is 4.96. The van der Waals surface area contributed by atoms with Crippen LogP contribution in [0.1, 0.15) is 24.6 Å². The summed E-state index contributed by atoms with van der Waals surface area (Å²) in [7, 11) is 1.65. The first-order valence-corrected chi connectivity index (χ1v) is 7.41. The van der Waals surface area contributed by atoms with Crippen molar-refractivity contribution < 1.29 is 9.84 Å². The van der Waals surface area contributed by atoms with Gasteiger partial charge in [-0.15, -0.1) is 0 Å². The number of methoxy groups -OCH3 is 1. The standard InChI is InChI=1S/C15H19BrN2O2/c1-3-15(19,12-7-5-4-6-8-12)14-13(16)11-17-18(14)9-10-20-2/h4-8,11,19H,3,9-10H2,1-2H3. The summed E-state index contributed by atoms with van der Waals surface area (Å²) in [6.45, 7) is 3.12. The van der Waals surface area contributed by atoms with Crippen LogP contribution in [-0.4, -0.2) is 28.6 Å². The third kappa shape index (κ3) is 2.80. The molecular weight excluding hydrogens is 320 g/mol. The first-order chi connectivity index (χ1) is 9.63. The van der Waals surface area contributed by atoms with Gasteiger partial charge < -0.3 is 9.84 Å². The number of hydrogen-bond acceptors (Lipinski definition) is 3. The van der Waals surface area contributed by atoms with Crippen LogP contribution in [0.5, 0.6) is 0 Å². The zero-order chi connectivity index (χ0) is 14.6. The molecule has 0 aliphatic rings. The molecule has 1 N–H and O–H groups in total. The Labute approximate surface area is 127 Å². The van der Waals surface area contributed by atoms with Crippen LogP contribution in [0.4, 0.5) is 0 Å². The monoisotopic (exact) mass is 338 g/mol. The third-order valence-corrected chi connectivity index (χ3v) is 4.04. The predicted octanol–water partition coefficient (Wildman–Crippen LogP) is 2.94. The van der Waals surface area contributed by atoms with Crippen LogP contribution in [0.3, 0.4) is 0 Å². The molecular formula is C15H19BrN2O2. The van der Waals surface area contributed by atoms with Crippen molar-refractivity contribution in [3.63, 3.8) is 0 Å². The van der Waals surface area contributed by atoms with Crippen molar-refractivity contribution in [2.75, 3.05) is 13.7 Å². The lowest BCUT2D eigenvalue weighted by atomic mass is 9.88. The van der Waals surface area contributed by atoms with Gasteiger partial charge in [0.2, 0.25) is 0 Å². The molecule has 0 fully saturated rings. The highest BCUT2D eigenvalue weighted by Gasteiger charge is 2.35. The average molecular weight is 339 g/mol. The lowest BCUT2D eigenvalue weighted by Gasteiger charge is -2.29. The number of nitrogens with zero attached hydrogens (tertiary/aromatic N) is 2. The Balaban J connectivity index is 2.48. The number of aromatic nitrogens is 2. The van der Waals surface area contributed by atoms with Gasteiger partial charge in [0, 0.05) is 7.11 Å². The summed E-state index contributed by atoms with van der Waals surface area (Å²) >= 11 is 3.50. The number of hydrogen-bond donors (Lipinski definition) is 1. The van der Waals surface area contributed by atoms with Crippen LogP contribution in [0.15, 0.2) is 41.0 Å². The summed E-state index contributed by atoms with van der Waals surface area (Å²) in [6.07, 6.45) is 2.28. The zero-order valence-electron chi connectivity index (χ0n) is 11.7. The lowest BCUT2D eigenvalue weighted by molar-refractivity contribution is 0.0635. The lowest BCUT2D eigenvalue weighted by Crippen LogP contribution is -2.31. The smallest absolute Gasteiger partial charge is 0.132 e. The molecule has 20 heavy (non-hydrogen) atoms. The largest absolute Gasteiger partial charge is 0.383 e. The fraction of sp³-hybridized carbons (Fsp3) is 0.400. The second-order valence-electron chi connectivity index (χ2n) is 4.64. The van der Waals surface area contributed by atoms with Gasteiger partial charge in [0.1, 0.15) is 5.60 Å². The number of aliphatic hydroxyl groups is 1. The average Bonchev–Trinajstić information content (AvgIpc) is 2.86. The van der Waals surface area contributed by atoms with E-state index in [2.05, 4.69) is 21.0 Å². The van der Waals surface area contributed by atoms with Crippen LogP contribution >= 0.6 is 15.9 Å². The molecule has 0 spiro atoms. The van der Waals surface area contributed by atoms with Crippen LogP contribution in [0, 0.1) is 0 Å². The van der Waals surface area contributed by atoms with E-state index >= 15 is 0 Å². The molecule has 1 aromatic carbocycles. The fourth-order valence-corrected chi connectivity index (χ4v) is 2.97. The SMILES string of the molecule is CCC(O)(c1ccccc1)c1c(Br)cnn1CCOC. The normalized spacial score (nSPS) is 14.2. The predicted molar refractivity (Wildman–Crippen MR) is 81.5 cm³/mol. The van der Waals surface area contributed by atoms with Crippen molar-refractivity contribution in [3.05, 3.63) is 52.3 Å². The van der Waals surface area contributed by atoms with Crippen molar-refractivity contribution in [2.45, 2.75) is 25.5 Å². The number of benzene rings is 1. The van der Waals surface area contributed by atoms with Gasteiger partial charge in [0.05, 0.1) is 29.5 Å². The molecule has 1 atom stereocenters. The van der Waals surface area contributed by atoms with E-state index in [1.807, 2.05) is 37.3 Å². The molecule has 0 bridgehead atoms. The van der Waals surface area contributed by atoms with E-state index in [1.165, 1.54) is 0 Å². The molecule has 0 aliphatic heterocycles. The zero-order valence-corrected chi connectivity index (χ0v) is 13.3. The molecule has 5 heteroatoms. The minimum atomic E-state index is -1.07. The van der Waals surface area contributed by atoms with Crippen LogP contribution < -0.4 is 0 Å². The molecule has 1 aromatic heterocycles. The van der Waals surface area contributed by atoms with Gasteiger partial charge in [-0.05, 0) is 27.9 Å². The molecule has 0 radical (unpaired) electrons. The molecule has 1 unspecified atom stereocenters. The van der Waals surface area contributed by atoms with Gasteiger partial charge in [-0.3, -0.25) is 4.68 Å². The van der Waals surface area contributed by atoms with Crippen molar-refractivity contribution >= 4 is 15.9 Å². The maximum atomic E-state index is 11.2. The minimum absolute atomic E-state index is 0.551. The molecule has 1 heterocycles. The summed E-state index contributed by atoms with van der Waals surface area (Å²) in [6, 6.07) is 9.67. The quantitative estimate of drug-likeness (QED) is 0.880. The summed E-state index contributed by atoms with van der Waals surface area (Å²) in [5.74, 6) is 0. The molecule has 0 saturated heterocycles. The summed E-state index contributed by atoms with van der Waals surface area (Å²) in [5.41, 5.74) is 0.565. The summed E-state index contributed by atoms with van der Waals surface area (Å²) in [5, 5.41) is 15.5. The number of ether oxygens (including phenoxy) is 1. The summed E-state index contributed by atoms with van der Waals surface area (Å²) in [4.78, 5) is 0. The van der Waals surface area contributed by atoms with E-state index < -0.39 is 5.60 Å². The van der Waals surface area contributed by atoms with Crippen molar-refractivity contribution in [3.8, 4) is 0 Å². The highest BCUT2D eigenvalue weighted by molar-refractivity contribution is 9.10. The van der Waals surface area contributed by atoms with Crippen LogP contribution in [0.2, 0.25) is 0 Å². The highest BCUT2D eigenvalue weighted by atomic mass is 79.9. The van der Waals surface area contributed by atoms with E-state index in [0.29, 0.717) is 19.6 Å². The van der Waals surface area contributed by atoms with E-state index in [1.54, 1.807) is 18.0 Å². The Bertz CT molecular complexity index is 556. The van der Waals surface area contributed by atoms with Gasteiger partial charge in [-0.25, -0.2) is 0 Å². The maximum Gasteiger partial charge on any atom is 0.132 e. The Morgan fingerprint density at radius 2 is 2.05 bits per heavy atom. The molecule has 0 amide bonds. The van der Waals surface area contributed by atoms with Gasteiger partial charge in [-0.1, -0.05) is 37.3 Å². The highest BCUT2D eigenvalue weighted by Crippen LogP contribution is 2.36. The van der Waals surface area contributed by atoms with Crippen molar-refractivity contribution in [2.24, 2.45) is 0 Å². The third-order valence-electron chi connectivity index (χ3n) is 3.46. The van der Waals surface area contributed by atoms with E-state index in [-0.39, 0.29) is 0 Å². The number of rotatable bonds is 6. The van der Waals surface area contributed by atoms with Crippen molar-refractivity contribution in [1.29, 1.82) is 0 Å². The van der Waals surface area contributed by atoms with Crippen molar-refractivity contribution in [1.82, 2.24) is 9.78 Å². The van der Waals surface area contributed by atoms with Gasteiger partial charge >= 0.3 is 0 Å². The second-order valence-corrected chi connectivity index (χ2v) is 5.49. The van der Waals surface area contributed by atoms with Gasteiger partial charge in [0.15, 0.2) is 0 Å². The Hall–Kier alpha value is -1.17. The fourth-order valence-electron chi connectivity index (χ4n) is 2.34. The van der Waals surface area contributed by atoms with E-state index in [0.717, 1.165) is 15.7 Å². The van der Waals surface area contributed by atoms with E-state index in [9.17, 15) is 5.11 Å². The molecule has 0 aliphatic carbocycles. The molecule has 0 saturated carbocycles. The first kappa shape index (κ1) is 15.2. The maximum absolute atomic E-state index is 11.2. The minimum Gasteiger partial charge on any atom is -0.383 e. The van der Waals surface area contributed by atoms with E-state index in [4.69, 9.17) is 4.74 Å². The Morgan fingerprint density at radius 3 is 2.65 bits per heavy atom. The summed E-state index contributed by atoms with van der Waals surface area (Å²) < 4.78 is 7.71.